The Balaban J connectivity index is 2.47. The largest absolute Gasteiger partial charge is 0.493 e. The van der Waals surface area contributed by atoms with Gasteiger partial charge in [0.2, 0.25) is 0 Å². The quantitative estimate of drug-likeness (QED) is 0.650. The summed E-state index contributed by atoms with van der Waals surface area (Å²) in [5, 5.41) is 0. The first-order valence-electron chi connectivity index (χ1n) is 21.2. The number of methoxy groups -OCH3 is 2. The van der Waals surface area contributed by atoms with Crippen LogP contribution >= 0.6 is 0 Å². The zero-order valence-corrected chi connectivity index (χ0v) is 15.9. The Morgan fingerprint density at radius 1 is 1.40 bits per heavy atom. The van der Waals surface area contributed by atoms with E-state index in [1.807, 2.05) is 0 Å². The van der Waals surface area contributed by atoms with Gasteiger partial charge in [-0.1, -0.05) is 27.4 Å². The normalized spacial score (nSPS) is 47.3. The molecule has 168 valence electrons. The van der Waals surface area contributed by atoms with Crippen LogP contribution in [0.15, 0.2) is 12.1 Å². The Kier molecular flexibility index (Phi) is 2.18. The Bertz CT molecular complexity index is 1620. The smallest absolute Gasteiger partial charge is 0.323 e. The molecule has 3 unspecified atom stereocenters. The van der Waals surface area contributed by atoms with Crippen LogP contribution in [0.5, 0.6) is 11.5 Å². The number of piperidine rings is 1. The van der Waals surface area contributed by atoms with E-state index in [0.29, 0.717) is 4.90 Å². The molecule has 30 heavy (non-hydrogen) atoms. The molecule has 0 radical (unpaired) electrons. The van der Waals surface area contributed by atoms with Gasteiger partial charge in [-0.3, -0.25) is 9.69 Å². The molecule has 1 aromatic carbocycles. The van der Waals surface area contributed by atoms with Gasteiger partial charge in [-0.15, -0.1) is 0 Å². The highest BCUT2D eigenvalue weighted by atomic mass is 16.5. The highest BCUT2D eigenvalue weighted by Crippen LogP contribution is 2.44. The second-order valence-electron chi connectivity index (χ2n) is 6.52. The second-order valence-corrected chi connectivity index (χ2v) is 6.52. The van der Waals surface area contributed by atoms with Gasteiger partial charge in [-0.05, 0) is 47.8 Å². The summed E-state index contributed by atoms with van der Waals surface area (Å²) in [6.45, 7) is -21.2. The molecule has 1 fully saturated rings. The highest BCUT2D eigenvalue weighted by Gasteiger charge is 2.41. The molecule has 1 saturated heterocycles. The van der Waals surface area contributed by atoms with Crippen LogP contribution in [0.2, 0.25) is 0 Å². The number of nitrogens with two attached hydrogens (primary N) is 1. The summed E-state index contributed by atoms with van der Waals surface area (Å²) >= 11 is 0. The molecule has 2 N–H and O–H groups in total. The van der Waals surface area contributed by atoms with Crippen LogP contribution in [0.3, 0.4) is 0 Å². The van der Waals surface area contributed by atoms with Crippen LogP contribution in [-0.4, -0.2) is 50.2 Å². The number of esters is 1. The first-order chi connectivity index (χ1) is 24.0. The summed E-state index contributed by atoms with van der Waals surface area (Å²) < 4.78 is 219. The standard InChI is InChI=1S/C24H38N2O4/c1-14(2)9-17-13-26-8-7-16-10-21(28-5)22(29-6)11-18(16)19(26)12-20(17)30-24(27)23(25)15(3)4/h10-11,14-15,17,19-20,23H,7-9,12-13,25H2,1-6H3/t17?,19?,20?,23-/m0/s1/i1D3,2D3,3D3,4D3,5D3,7D2,8D2,9D2,14D,15D,20D,23D. The SMILES string of the molecule is [2H]C([2H])([2H])Oc1cc2c(cc1OC)C1CC([2H])(OC(=O)[C@@]([2H])(N)C([2H])(C([2H])([2H])[2H])C([2H])([2H])[2H])C(C([2H])([2H])C([2H])(C([2H])([2H])[2H])C([2H])([2H])[2H])CN1C([2H])([2H])C2([2H])[2H]. The zero-order valence-electron chi connectivity index (χ0n) is 40.9. The Morgan fingerprint density at radius 2 is 2.20 bits per heavy atom. The summed E-state index contributed by atoms with van der Waals surface area (Å²) in [5.41, 5.74) is 4.63. The number of hydrogen-bond acceptors (Lipinski definition) is 6. The number of benzene rings is 1. The fourth-order valence-electron chi connectivity index (χ4n) is 3.29. The van der Waals surface area contributed by atoms with Gasteiger partial charge in [-0.25, -0.2) is 0 Å². The van der Waals surface area contributed by atoms with Crippen molar-refractivity contribution < 1.29 is 53.3 Å². The summed E-state index contributed by atoms with van der Waals surface area (Å²) in [6.07, 6.45) is -12.3. The van der Waals surface area contributed by atoms with E-state index >= 15 is 0 Å². The summed E-state index contributed by atoms with van der Waals surface area (Å²) in [6, 6.07) is -4.33. The topological polar surface area (TPSA) is 74.0 Å². The Hall–Kier alpha value is -1.79. The van der Waals surface area contributed by atoms with Crippen molar-refractivity contribution in [2.45, 2.75) is 64.7 Å². The monoisotopic (exact) mass is 443 g/mol. The lowest BCUT2D eigenvalue weighted by Crippen LogP contribution is -2.51. The van der Waals surface area contributed by atoms with E-state index in [9.17, 15) is 6.17 Å². The van der Waals surface area contributed by atoms with Crippen molar-refractivity contribution in [3.63, 3.8) is 0 Å². The maximum Gasteiger partial charge on any atom is 0.323 e. The molecular formula is C24H38N2O4. The lowest BCUT2D eigenvalue weighted by molar-refractivity contribution is -0.160. The van der Waals surface area contributed by atoms with Gasteiger partial charge in [0.25, 0.3) is 0 Å². The first kappa shape index (κ1) is 6.85. The van der Waals surface area contributed by atoms with Crippen molar-refractivity contribution in [2.24, 2.45) is 23.4 Å². The Morgan fingerprint density at radius 3 is 2.90 bits per heavy atom. The van der Waals surface area contributed by atoms with Crippen LogP contribution < -0.4 is 15.2 Å². The molecule has 6 heteroatoms. The maximum atomic E-state index is 13.8. The van der Waals surface area contributed by atoms with Crippen molar-refractivity contribution in [3.8, 4) is 11.5 Å². The second kappa shape index (κ2) is 9.56. The van der Waals surface area contributed by atoms with E-state index in [0.717, 1.165) is 19.2 Å². The third kappa shape index (κ3) is 4.75. The number of carbonyl (C=O) groups is 1. The molecule has 2 aliphatic heterocycles. The molecule has 1 aromatic rings. The highest BCUT2D eigenvalue weighted by molar-refractivity contribution is 5.76. The van der Waals surface area contributed by atoms with E-state index < -0.39 is 126 Å². The number of nitrogens with zero attached hydrogens (tertiary/aromatic N) is 1. The van der Waals surface area contributed by atoms with Crippen LogP contribution in [0, 0.1) is 17.7 Å². The minimum absolute atomic E-state index is 0.366. The summed E-state index contributed by atoms with van der Waals surface area (Å²) in [5.74, 6) is -14.9. The molecular weight excluding hydrogens is 380 g/mol. The number of hydrogen-bond donors (Lipinski definition) is 1. The summed E-state index contributed by atoms with van der Waals surface area (Å²) in [4.78, 5) is 14.3. The lowest BCUT2D eigenvalue weighted by Gasteiger charge is -2.47. The third-order valence-electron chi connectivity index (χ3n) is 4.71. The van der Waals surface area contributed by atoms with Gasteiger partial charge in [0, 0.05) is 58.8 Å². The molecule has 0 bridgehead atoms. The van der Waals surface area contributed by atoms with Crippen LogP contribution in [0.1, 0.15) is 91.6 Å². The van der Waals surface area contributed by atoms with Crippen molar-refractivity contribution in [1.29, 1.82) is 0 Å². The molecule has 3 rings (SSSR count). The minimum atomic E-state index is -4.26. The molecule has 6 nitrogen and oxygen atoms in total. The number of fused-ring (bicyclic) bond motifs is 3. The molecule has 0 amide bonds. The number of aryl methyl sites for hydroxylation is 1. The van der Waals surface area contributed by atoms with Crippen molar-refractivity contribution in [1.82, 2.24) is 4.90 Å². The maximum absolute atomic E-state index is 13.8. The van der Waals surface area contributed by atoms with Gasteiger partial charge < -0.3 is 19.9 Å². The van der Waals surface area contributed by atoms with E-state index in [-0.39, 0.29) is 5.56 Å². The minimum Gasteiger partial charge on any atom is -0.493 e. The van der Waals surface area contributed by atoms with Gasteiger partial charge in [0.15, 0.2) is 11.5 Å². The summed E-state index contributed by atoms with van der Waals surface area (Å²) in [7, 11) is -2.13. The molecule has 2 heterocycles. The first-order valence-corrected chi connectivity index (χ1v) is 8.66. The lowest BCUT2D eigenvalue weighted by atomic mass is 9.79. The van der Waals surface area contributed by atoms with Crippen molar-refractivity contribution in [3.05, 3.63) is 23.3 Å². The fourth-order valence-corrected chi connectivity index (χ4v) is 3.29. The van der Waals surface area contributed by atoms with Crippen molar-refractivity contribution >= 4 is 5.97 Å². The average molecular weight is 444 g/mol. The molecule has 0 aliphatic carbocycles. The van der Waals surface area contributed by atoms with Gasteiger partial charge in [0.1, 0.15) is 12.1 Å². The van der Waals surface area contributed by atoms with Crippen LogP contribution in [-0.2, 0) is 15.9 Å². The molecule has 4 atom stereocenters. The fraction of sp³-hybridized carbons (Fsp3) is 0.708. The predicted molar refractivity (Wildman–Crippen MR) is 118 cm³/mol. The van der Waals surface area contributed by atoms with Crippen molar-refractivity contribution in [2.75, 3.05) is 27.2 Å². The predicted octanol–water partition coefficient (Wildman–Crippen LogP) is 3.56. The van der Waals surface area contributed by atoms with Gasteiger partial charge >= 0.3 is 5.97 Å². The number of carbonyl (C=O) groups excluding carboxylic acids is 1. The molecule has 0 saturated carbocycles. The van der Waals surface area contributed by atoms with E-state index in [4.69, 9.17) is 52.8 Å². The molecule has 0 spiro atoms. The van der Waals surface area contributed by atoms with E-state index in [2.05, 4.69) is 0 Å². The zero-order chi connectivity index (χ0) is 43.6. The van der Waals surface area contributed by atoms with Gasteiger partial charge in [-0.2, -0.15) is 0 Å². The molecule has 2 aliphatic rings. The van der Waals surface area contributed by atoms with Crippen LogP contribution in [0.25, 0.3) is 0 Å². The van der Waals surface area contributed by atoms with Gasteiger partial charge in [0.05, 0.1) is 21.0 Å². The van der Waals surface area contributed by atoms with E-state index in [1.165, 1.54) is 0 Å². The van der Waals surface area contributed by atoms with Crippen LogP contribution in [0.4, 0.5) is 0 Å². The average Bonchev–Trinajstić information content (AvgIpc) is 2.95. The third-order valence-corrected chi connectivity index (χ3v) is 4.71. The molecule has 0 aromatic heterocycles. The number of rotatable bonds is 7. The Labute approximate surface area is 216 Å². The van der Waals surface area contributed by atoms with E-state index in [1.54, 1.807) is 0 Å². The number of ether oxygens (including phenoxy) is 3.